The van der Waals surface area contributed by atoms with Crippen LogP contribution in [-0.4, -0.2) is 35.8 Å². The number of carbonyl (C=O) groups is 2. The average molecular weight is 423 g/mol. The molecule has 0 aliphatic rings. The minimum Gasteiger partial charge on any atom is -0.354 e. The third-order valence-corrected chi connectivity index (χ3v) is 5.69. The van der Waals surface area contributed by atoms with Crippen LogP contribution in [0.1, 0.15) is 69.6 Å². The van der Waals surface area contributed by atoms with E-state index in [1.807, 2.05) is 32.0 Å². The van der Waals surface area contributed by atoms with Crippen molar-refractivity contribution in [3.8, 4) is 0 Å². The molecule has 4 nitrogen and oxygen atoms in total. The van der Waals surface area contributed by atoms with Crippen molar-refractivity contribution < 1.29 is 9.59 Å². The summed E-state index contributed by atoms with van der Waals surface area (Å²) in [5.74, 6) is 0.491. The number of nitrogens with zero attached hydrogens (tertiary/aromatic N) is 1. The molecule has 0 heterocycles. The van der Waals surface area contributed by atoms with Crippen molar-refractivity contribution in [2.24, 2.45) is 0 Å². The van der Waals surface area contributed by atoms with Crippen LogP contribution in [0.3, 0.4) is 0 Å². The summed E-state index contributed by atoms with van der Waals surface area (Å²) < 4.78 is 0. The lowest BCUT2D eigenvalue weighted by Crippen LogP contribution is -2.50. The third-order valence-electron chi connectivity index (χ3n) is 5.69. The van der Waals surface area contributed by atoms with E-state index in [0.29, 0.717) is 38.3 Å². The van der Waals surface area contributed by atoms with Crippen LogP contribution >= 0.6 is 0 Å². The number of hydrogen-bond donors (Lipinski definition) is 1. The summed E-state index contributed by atoms with van der Waals surface area (Å²) in [6.45, 7) is 9.55. The largest absolute Gasteiger partial charge is 0.354 e. The number of benzene rings is 2. The van der Waals surface area contributed by atoms with Crippen LogP contribution < -0.4 is 5.32 Å². The minimum absolute atomic E-state index is 0.0439. The van der Waals surface area contributed by atoms with E-state index in [4.69, 9.17) is 0 Å². The van der Waals surface area contributed by atoms with E-state index in [2.05, 4.69) is 55.6 Å². The van der Waals surface area contributed by atoms with E-state index in [9.17, 15) is 9.59 Å². The Labute approximate surface area is 188 Å². The molecule has 0 aliphatic carbocycles. The minimum atomic E-state index is -0.425. The summed E-state index contributed by atoms with van der Waals surface area (Å²) >= 11 is 0. The van der Waals surface area contributed by atoms with E-state index in [0.717, 1.165) is 18.4 Å². The van der Waals surface area contributed by atoms with Gasteiger partial charge in [0.2, 0.25) is 11.8 Å². The first-order valence-electron chi connectivity index (χ1n) is 11.7. The van der Waals surface area contributed by atoms with Gasteiger partial charge in [-0.25, -0.2) is 0 Å². The average Bonchev–Trinajstić information content (AvgIpc) is 2.79. The topological polar surface area (TPSA) is 49.4 Å². The van der Waals surface area contributed by atoms with Gasteiger partial charge in [0.15, 0.2) is 0 Å². The molecule has 2 rings (SSSR count). The molecule has 2 aromatic rings. The summed E-state index contributed by atoms with van der Waals surface area (Å²) in [5.41, 5.74) is 3.64. The van der Waals surface area contributed by atoms with Crippen LogP contribution in [0.25, 0.3) is 0 Å². The highest BCUT2D eigenvalue weighted by atomic mass is 16.2. The summed E-state index contributed by atoms with van der Waals surface area (Å²) in [6.07, 6.45) is 3.33. The maximum atomic E-state index is 13.2. The van der Waals surface area contributed by atoms with Gasteiger partial charge < -0.3 is 10.2 Å². The Morgan fingerprint density at radius 1 is 0.903 bits per heavy atom. The molecule has 0 aliphatic heterocycles. The summed E-state index contributed by atoms with van der Waals surface area (Å²) in [6, 6.07) is 18.2. The van der Waals surface area contributed by atoms with Crippen LogP contribution in [0, 0.1) is 0 Å². The van der Waals surface area contributed by atoms with Crippen molar-refractivity contribution in [1.82, 2.24) is 10.2 Å². The Morgan fingerprint density at radius 3 is 2.13 bits per heavy atom. The highest BCUT2D eigenvalue weighted by Crippen LogP contribution is 2.17. The van der Waals surface area contributed by atoms with Gasteiger partial charge in [-0.1, -0.05) is 82.3 Å². The van der Waals surface area contributed by atoms with Crippen molar-refractivity contribution in [3.63, 3.8) is 0 Å². The Hall–Kier alpha value is -2.62. The molecular weight excluding hydrogens is 384 g/mol. The van der Waals surface area contributed by atoms with Gasteiger partial charge in [0.05, 0.1) is 0 Å². The fourth-order valence-electron chi connectivity index (χ4n) is 3.73. The highest BCUT2D eigenvalue weighted by molar-refractivity contribution is 5.87. The molecule has 31 heavy (non-hydrogen) atoms. The second kappa shape index (κ2) is 12.9. The number of nitrogens with one attached hydrogen (secondary N) is 1. The van der Waals surface area contributed by atoms with E-state index >= 15 is 0 Å². The molecule has 1 N–H and O–H groups in total. The predicted octanol–water partition coefficient (Wildman–Crippen LogP) is 5.12. The van der Waals surface area contributed by atoms with Gasteiger partial charge in [-0.3, -0.25) is 9.59 Å². The quantitative estimate of drug-likeness (QED) is 0.516. The molecule has 2 aromatic carbocycles. The Balaban J connectivity index is 2.08. The fourth-order valence-corrected chi connectivity index (χ4v) is 3.73. The third kappa shape index (κ3) is 7.86. The van der Waals surface area contributed by atoms with E-state index < -0.39 is 6.04 Å². The van der Waals surface area contributed by atoms with Crippen molar-refractivity contribution in [1.29, 1.82) is 0 Å². The first-order valence-corrected chi connectivity index (χ1v) is 11.7. The number of amides is 2. The van der Waals surface area contributed by atoms with Crippen LogP contribution in [-0.2, 0) is 22.4 Å². The molecule has 4 heteroatoms. The number of aryl methyl sites for hydroxylation is 1. The number of carbonyl (C=O) groups excluding carboxylic acids is 2. The second-order valence-electron chi connectivity index (χ2n) is 8.43. The molecule has 0 aromatic heterocycles. The SMILES string of the molecule is CCCNC(=O)[C@H](CC)N(CCc1ccccc1)C(=O)CCc1ccc(C(C)C)cc1. The molecule has 0 bridgehead atoms. The van der Waals surface area contributed by atoms with Gasteiger partial charge in [-0.15, -0.1) is 0 Å². The standard InChI is InChI=1S/C27H38N2O2/c1-5-19-28-27(31)25(6-2)29(20-18-22-10-8-7-9-11-22)26(30)17-14-23-12-15-24(16-13-23)21(3)4/h7-13,15-16,21,25H,5-6,14,17-20H2,1-4H3,(H,28,31)/t25-/m0/s1. The lowest BCUT2D eigenvalue weighted by molar-refractivity contribution is -0.140. The lowest BCUT2D eigenvalue weighted by Gasteiger charge is -2.30. The van der Waals surface area contributed by atoms with Crippen molar-refractivity contribution >= 4 is 11.8 Å². The van der Waals surface area contributed by atoms with Gasteiger partial charge in [-0.2, -0.15) is 0 Å². The first kappa shape index (κ1) is 24.6. The molecule has 0 fully saturated rings. The molecule has 0 saturated carbocycles. The van der Waals surface area contributed by atoms with Crippen molar-refractivity contribution in [2.45, 2.75) is 71.8 Å². The van der Waals surface area contributed by atoms with Gasteiger partial charge in [0, 0.05) is 19.5 Å². The smallest absolute Gasteiger partial charge is 0.242 e. The Bertz CT molecular complexity index is 800. The summed E-state index contributed by atoms with van der Waals surface area (Å²) in [7, 11) is 0. The lowest BCUT2D eigenvalue weighted by atomic mass is 10.00. The molecule has 0 spiro atoms. The summed E-state index contributed by atoms with van der Waals surface area (Å²) in [4.78, 5) is 27.8. The van der Waals surface area contributed by atoms with Crippen LogP contribution in [0.4, 0.5) is 0 Å². The zero-order valence-electron chi connectivity index (χ0n) is 19.6. The van der Waals surface area contributed by atoms with Crippen molar-refractivity contribution in [3.05, 3.63) is 71.3 Å². The van der Waals surface area contributed by atoms with E-state index in [1.54, 1.807) is 4.90 Å². The number of rotatable bonds is 12. The maximum absolute atomic E-state index is 13.2. The molecule has 0 saturated heterocycles. The van der Waals surface area contributed by atoms with E-state index in [-0.39, 0.29) is 11.8 Å². The second-order valence-corrected chi connectivity index (χ2v) is 8.43. The first-order chi connectivity index (χ1) is 15.0. The Morgan fingerprint density at radius 2 is 1.55 bits per heavy atom. The highest BCUT2D eigenvalue weighted by Gasteiger charge is 2.27. The predicted molar refractivity (Wildman–Crippen MR) is 128 cm³/mol. The van der Waals surface area contributed by atoms with Gasteiger partial charge in [0.1, 0.15) is 6.04 Å². The molecule has 168 valence electrons. The molecule has 1 atom stereocenters. The maximum Gasteiger partial charge on any atom is 0.242 e. The van der Waals surface area contributed by atoms with Crippen LogP contribution in [0.2, 0.25) is 0 Å². The normalized spacial score (nSPS) is 11.9. The van der Waals surface area contributed by atoms with Gasteiger partial charge in [-0.05, 0) is 48.3 Å². The molecule has 0 radical (unpaired) electrons. The summed E-state index contributed by atoms with van der Waals surface area (Å²) in [5, 5.41) is 2.97. The zero-order chi connectivity index (χ0) is 22.6. The van der Waals surface area contributed by atoms with Gasteiger partial charge in [0.25, 0.3) is 0 Å². The van der Waals surface area contributed by atoms with E-state index in [1.165, 1.54) is 11.1 Å². The molecule has 2 amide bonds. The van der Waals surface area contributed by atoms with Crippen molar-refractivity contribution in [2.75, 3.05) is 13.1 Å². The van der Waals surface area contributed by atoms with Crippen LogP contribution in [0.15, 0.2) is 54.6 Å². The monoisotopic (exact) mass is 422 g/mol. The fraction of sp³-hybridized carbons (Fsp3) is 0.481. The molecular formula is C27H38N2O2. The zero-order valence-corrected chi connectivity index (χ0v) is 19.6. The van der Waals surface area contributed by atoms with Gasteiger partial charge >= 0.3 is 0 Å². The Kier molecular flexibility index (Phi) is 10.3. The molecule has 0 unspecified atom stereocenters. The number of hydrogen-bond acceptors (Lipinski definition) is 2. The van der Waals surface area contributed by atoms with Crippen LogP contribution in [0.5, 0.6) is 0 Å².